The number of hydrogen-bond acceptors (Lipinski definition) is 3. The van der Waals surface area contributed by atoms with Crippen molar-refractivity contribution in [3.8, 4) is 5.69 Å². The second kappa shape index (κ2) is 7.98. The van der Waals surface area contributed by atoms with Crippen LogP contribution in [-0.4, -0.2) is 28.6 Å². The number of para-hydroxylation sites is 1. The number of hydrogen-bond donors (Lipinski definition) is 2. The van der Waals surface area contributed by atoms with Crippen molar-refractivity contribution in [2.75, 3.05) is 0 Å². The molecule has 2 rings (SSSR count). The Morgan fingerprint density at radius 2 is 1.88 bits per heavy atom. The zero-order valence-electron chi connectivity index (χ0n) is 14.6. The smallest absolute Gasteiger partial charge is 0.329 e. The molecule has 0 saturated carbocycles. The fourth-order valence-corrected chi connectivity index (χ4v) is 2.68. The molecule has 1 aromatic carbocycles. The third-order valence-electron chi connectivity index (χ3n) is 3.56. The Balaban J connectivity index is 2.17. The molecule has 0 atom stereocenters. The van der Waals surface area contributed by atoms with Crippen LogP contribution in [0.3, 0.4) is 0 Å². The van der Waals surface area contributed by atoms with E-state index >= 15 is 0 Å². The number of rotatable bonds is 4. The van der Waals surface area contributed by atoms with Gasteiger partial charge >= 0.3 is 11.8 Å². The normalized spacial score (nSPS) is 11.1. The third kappa shape index (κ3) is 4.48. The maximum atomic E-state index is 11.6. The summed E-state index contributed by atoms with van der Waals surface area (Å²) in [6, 6.07) is 9.37. The van der Waals surface area contributed by atoms with Gasteiger partial charge in [-0.1, -0.05) is 23.7 Å². The van der Waals surface area contributed by atoms with Gasteiger partial charge in [0.25, 0.3) is 0 Å². The van der Waals surface area contributed by atoms with Gasteiger partial charge in [-0.3, -0.25) is 9.59 Å². The van der Waals surface area contributed by atoms with Gasteiger partial charge in [0, 0.05) is 23.0 Å². The summed E-state index contributed by atoms with van der Waals surface area (Å²) in [7, 11) is 0. The molecule has 2 N–H and O–H groups in total. The van der Waals surface area contributed by atoms with Crippen LogP contribution in [0.5, 0.6) is 0 Å². The van der Waals surface area contributed by atoms with E-state index in [9.17, 15) is 9.59 Å². The number of carbonyl (C=O) groups is 2. The molecule has 0 aliphatic rings. The van der Waals surface area contributed by atoms with Crippen LogP contribution >= 0.6 is 11.6 Å². The quantitative estimate of drug-likeness (QED) is 0.499. The van der Waals surface area contributed by atoms with Gasteiger partial charge in [0.2, 0.25) is 0 Å². The molecule has 1 aromatic heterocycles. The number of hydrazone groups is 1. The number of aromatic nitrogens is 1. The minimum atomic E-state index is -0.801. The molecule has 0 aliphatic carbocycles. The standard InChI is InChI=1S/C18H21ClN4O2/c1-11(2)21-17(24)18(25)22-20-10-14-9-12(3)23(13(14)4)16-8-6-5-7-15(16)19/h5-11H,1-4H3,(H,21,24)(H,22,25). The van der Waals surface area contributed by atoms with Crippen LogP contribution in [0.25, 0.3) is 5.69 Å². The Morgan fingerprint density at radius 1 is 1.20 bits per heavy atom. The number of nitrogens with one attached hydrogen (secondary N) is 2. The van der Waals surface area contributed by atoms with E-state index < -0.39 is 11.8 Å². The first-order chi connectivity index (χ1) is 11.8. The van der Waals surface area contributed by atoms with E-state index in [2.05, 4.69) is 15.8 Å². The Kier molecular flexibility index (Phi) is 5.98. The molecule has 0 aliphatic heterocycles. The maximum Gasteiger partial charge on any atom is 0.329 e. The predicted molar refractivity (Wildman–Crippen MR) is 99.3 cm³/mol. The lowest BCUT2D eigenvalue weighted by Gasteiger charge is -2.11. The molecule has 0 saturated heterocycles. The van der Waals surface area contributed by atoms with Crippen LogP contribution < -0.4 is 10.7 Å². The molecule has 7 heteroatoms. The Morgan fingerprint density at radius 3 is 2.52 bits per heavy atom. The number of carbonyl (C=O) groups excluding carboxylic acids is 2. The summed E-state index contributed by atoms with van der Waals surface area (Å²) in [4.78, 5) is 23.2. The summed E-state index contributed by atoms with van der Waals surface area (Å²) in [6.07, 6.45) is 1.51. The molecule has 0 spiro atoms. The van der Waals surface area contributed by atoms with Gasteiger partial charge in [0.1, 0.15) is 0 Å². The predicted octanol–water partition coefficient (Wildman–Crippen LogP) is 2.72. The molecule has 0 radical (unpaired) electrons. The van der Waals surface area contributed by atoms with Crippen molar-refractivity contribution in [1.82, 2.24) is 15.3 Å². The topological polar surface area (TPSA) is 75.5 Å². The van der Waals surface area contributed by atoms with Gasteiger partial charge in [0.15, 0.2) is 0 Å². The number of halogens is 1. The summed E-state index contributed by atoms with van der Waals surface area (Å²) >= 11 is 6.28. The lowest BCUT2D eigenvalue weighted by atomic mass is 10.2. The number of aryl methyl sites for hydroxylation is 1. The van der Waals surface area contributed by atoms with Crippen LogP contribution in [0.1, 0.15) is 30.8 Å². The fraction of sp³-hybridized carbons (Fsp3) is 0.278. The highest BCUT2D eigenvalue weighted by Crippen LogP contribution is 2.25. The van der Waals surface area contributed by atoms with Crippen molar-refractivity contribution in [3.63, 3.8) is 0 Å². The molecule has 132 valence electrons. The Labute approximate surface area is 151 Å². The van der Waals surface area contributed by atoms with Crippen LogP contribution in [0.2, 0.25) is 5.02 Å². The highest BCUT2D eigenvalue weighted by molar-refractivity contribution is 6.35. The molecule has 25 heavy (non-hydrogen) atoms. The van der Waals surface area contributed by atoms with Crippen LogP contribution in [0, 0.1) is 13.8 Å². The molecule has 0 unspecified atom stereocenters. The van der Waals surface area contributed by atoms with E-state index in [-0.39, 0.29) is 6.04 Å². The lowest BCUT2D eigenvalue weighted by molar-refractivity contribution is -0.139. The van der Waals surface area contributed by atoms with Gasteiger partial charge in [-0.15, -0.1) is 0 Å². The van der Waals surface area contributed by atoms with Gasteiger partial charge in [-0.05, 0) is 45.9 Å². The van der Waals surface area contributed by atoms with Gasteiger partial charge < -0.3 is 9.88 Å². The van der Waals surface area contributed by atoms with E-state index in [1.807, 2.05) is 48.7 Å². The monoisotopic (exact) mass is 360 g/mol. The summed E-state index contributed by atoms with van der Waals surface area (Å²) in [6.45, 7) is 7.45. The minimum Gasteiger partial charge on any atom is -0.346 e. The molecule has 0 bridgehead atoms. The summed E-state index contributed by atoms with van der Waals surface area (Å²) in [5.74, 6) is -1.52. The number of nitrogens with zero attached hydrogens (tertiary/aromatic N) is 2. The van der Waals surface area contributed by atoms with Crippen LogP contribution in [0.15, 0.2) is 35.4 Å². The summed E-state index contributed by atoms with van der Waals surface area (Å²) < 4.78 is 2.01. The average molecular weight is 361 g/mol. The molecule has 2 amide bonds. The first-order valence-corrected chi connectivity index (χ1v) is 8.26. The fourth-order valence-electron chi connectivity index (χ4n) is 2.46. The summed E-state index contributed by atoms with van der Waals surface area (Å²) in [5, 5.41) is 7.01. The first-order valence-electron chi connectivity index (χ1n) is 7.89. The van der Waals surface area contributed by atoms with E-state index in [4.69, 9.17) is 11.6 Å². The highest BCUT2D eigenvalue weighted by Gasteiger charge is 2.14. The Hall–Kier alpha value is -2.60. The lowest BCUT2D eigenvalue weighted by Crippen LogP contribution is -2.41. The second-order valence-corrected chi connectivity index (χ2v) is 6.35. The highest BCUT2D eigenvalue weighted by atomic mass is 35.5. The largest absolute Gasteiger partial charge is 0.346 e. The molecular formula is C18H21ClN4O2. The summed E-state index contributed by atoms with van der Waals surface area (Å²) in [5.41, 5.74) is 5.83. The van der Waals surface area contributed by atoms with Gasteiger partial charge in [0.05, 0.1) is 16.9 Å². The van der Waals surface area contributed by atoms with Crippen molar-refractivity contribution in [1.29, 1.82) is 0 Å². The van der Waals surface area contributed by atoms with Crippen LogP contribution in [0.4, 0.5) is 0 Å². The van der Waals surface area contributed by atoms with Gasteiger partial charge in [-0.2, -0.15) is 5.10 Å². The number of amides is 2. The van der Waals surface area contributed by atoms with Crippen molar-refractivity contribution in [3.05, 3.63) is 52.3 Å². The molecule has 6 nitrogen and oxygen atoms in total. The van der Waals surface area contributed by atoms with Crippen LogP contribution in [-0.2, 0) is 9.59 Å². The molecule has 0 fully saturated rings. The SMILES string of the molecule is Cc1cc(C=NNC(=O)C(=O)NC(C)C)c(C)n1-c1ccccc1Cl. The minimum absolute atomic E-state index is 0.114. The average Bonchev–Trinajstić information content (AvgIpc) is 2.81. The van der Waals surface area contributed by atoms with Crippen molar-refractivity contribution < 1.29 is 9.59 Å². The van der Waals surface area contributed by atoms with Crippen molar-refractivity contribution in [2.45, 2.75) is 33.7 Å². The van der Waals surface area contributed by atoms with Gasteiger partial charge in [-0.25, -0.2) is 5.43 Å². The van der Waals surface area contributed by atoms with E-state index in [0.717, 1.165) is 22.6 Å². The van der Waals surface area contributed by atoms with Crippen molar-refractivity contribution in [2.24, 2.45) is 5.10 Å². The zero-order chi connectivity index (χ0) is 18.6. The Bertz CT molecular complexity index is 824. The second-order valence-electron chi connectivity index (χ2n) is 5.94. The van der Waals surface area contributed by atoms with E-state index in [0.29, 0.717) is 5.02 Å². The molecule has 1 heterocycles. The number of benzene rings is 1. The first kappa shape index (κ1) is 18.7. The maximum absolute atomic E-state index is 11.6. The molecule has 2 aromatic rings. The third-order valence-corrected chi connectivity index (χ3v) is 3.88. The van der Waals surface area contributed by atoms with E-state index in [1.165, 1.54) is 6.21 Å². The molecular weight excluding hydrogens is 340 g/mol. The van der Waals surface area contributed by atoms with E-state index in [1.54, 1.807) is 13.8 Å². The zero-order valence-corrected chi connectivity index (χ0v) is 15.4. The van der Waals surface area contributed by atoms with Crippen molar-refractivity contribution >= 4 is 29.6 Å².